The van der Waals surface area contributed by atoms with Crippen molar-refractivity contribution >= 4 is 10.1 Å². The molecule has 0 saturated carbocycles. The van der Waals surface area contributed by atoms with Gasteiger partial charge in [-0.15, -0.1) is 0 Å². The molecule has 0 unspecified atom stereocenters. The highest BCUT2D eigenvalue weighted by molar-refractivity contribution is 7.85. The molecule has 13 heavy (non-hydrogen) atoms. The van der Waals surface area contributed by atoms with Gasteiger partial charge in [0.05, 0.1) is 4.90 Å². The van der Waals surface area contributed by atoms with Crippen molar-refractivity contribution in [2.24, 2.45) is 0 Å². The summed E-state index contributed by atoms with van der Waals surface area (Å²) in [7, 11) is -4.05. The molecule has 1 rings (SSSR count). The highest BCUT2D eigenvalue weighted by Gasteiger charge is 2.07. The summed E-state index contributed by atoms with van der Waals surface area (Å²) in [5.74, 6) is 0. The average Bonchev–Trinajstić information content (AvgIpc) is 2.04. The lowest BCUT2D eigenvalue weighted by atomic mass is 10.1. The Morgan fingerprint density at radius 1 is 1.23 bits per heavy atom. The van der Waals surface area contributed by atoms with Gasteiger partial charge < -0.3 is 0 Å². The van der Waals surface area contributed by atoms with Crippen LogP contribution in [0.15, 0.2) is 29.2 Å². The van der Waals surface area contributed by atoms with Crippen molar-refractivity contribution in [2.75, 3.05) is 0 Å². The minimum absolute atomic E-state index is 0.0692. The summed E-state index contributed by atoms with van der Waals surface area (Å²) in [5.41, 5.74) is 1.02. The molecule has 0 aliphatic rings. The molecule has 0 aliphatic carbocycles. The molecule has 3 nitrogen and oxygen atoms in total. The summed E-state index contributed by atoms with van der Waals surface area (Å²) in [6, 6.07) is 6.13. The highest BCUT2D eigenvalue weighted by atomic mass is 32.2. The Bertz CT molecular complexity index is 364. The topological polar surface area (TPSA) is 54.4 Å². The second kappa shape index (κ2) is 3.89. The van der Waals surface area contributed by atoms with Crippen LogP contribution in [0.4, 0.5) is 0 Å². The van der Waals surface area contributed by atoms with E-state index in [1.807, 2.05) is 0 Å². The first-order chi connectivity index (χ1) is 6.04. The van der Waals surface area contributed by atoms with Gasteiger partial charge in [0, 0.05) is 0 Å². The first-order valence-corrected chi connectivity index (χ1v) is 5.34. The smallest absolute Gasteiger partial charge is 0.282 e. The number of hydrogen-bond acceptors (Lipinski definition) is 2. The van der Waals surface area contributed by atoms with E-state index < -0.39 is 10.1 Å². The lowest BCUT2D eigenvalue weighted by Gasteiger charge is -1.99. The molecule has 1 aromatic carbocycles. The van der Waals surface area contributed by atoms with Crippen LogP contribution >= 0.6 is 0 Å². The standard InChI is InChI=1S/C9H11O3S/c1-2-3-8-4-6-9(7-5-8)13(10,11)12/h4-7H,1-3H2,(H,10,11,12). The molecule has 0 spiro atoms. The third kappa shape index (κ3) is 2.82. The predicted octanol–water partition coefficient (Wildman–Crippen LogP) is 1.70. The van der Waals surface area contributed by atoms with Gasteiger partial charge in [-0.3, -0.25) is 4.55 Å². The predicted molar refractivity (Wildman–Crippen MR) is 49.9 cm³/mol. The Morgan fingerprint density at radius 3 is 2.15 bits per heavy atom. The van der Waals surface area contributed by atoms with Gasteiger partial charge in [-0.1, -0.05) is 19.1 Å². The minimum atomic E-state index is -4.05. The van der Waals surface area contributed by atoms with E-state index in [-0.39, 0.29) is 4.90 Å². The number of hydrogen-bond donors (Lipinski definition) is 1. The summed E-state index contributed by atoms with van der Waals surface area (Å²) in [6.45, 7) is 3.68. The Balaban J connectivity index is 2.94. The zero-order valence-electron chi connectivity index (χ0n) is 7.10. The first-order valence-electron chi connectivity index (χ1n) is 3.89. The van der Waals surface area contributed by atoms with Crippen molar-refractivity contribution in [3.63, 3.8) is 0 Å². The van der Waals surface area contributed by atoms with E-state index >= 15 is 0 Å². The van der Waals surface area contributed by atoms with Crippen LogP contribution in [0, 0.1) is 6.92 Å². The van der Waals surface area contributed by atoms with E-state index in [2.05, 4.69) is 6.92 Å². The Kier molecular flexibility index (Phi) is 3.06. The van der Waals surface area contributed by atoms with Crippen LogP contribution in [0.2, 0.25) is 0 Å². The highest BCUT2D eigenvalue weighted by Crippen LogP contribution is 2.10. The molecule has 1 N–H and O–H groups in total. The van der Waals surface area contributed by atoms with Gasteiger partial charge in [-0.05, 0) is 30.5 Å². The summed E-state index contributed by atoms with van der Waals surface area (Å²) in [6.07, 6.45) is 1.58. The van der Waals surface area contributed by atoms with E-state index in [0.29, 0.717) is 0 Å². The molecule has 0 heterocycles. The molecule has 4 heteroatoms. The monoisotopic (exact) mass is 199 g/mol. The van der Waals surface area contributed by atoms with Gasteiger partial charge in [-0.25, -0.2) is 0 Å². The van der Waals surface area contributed by atoms with Crippen molar-refractivity contribution in [1.82, 2.24) is 0 Å². The fourth-order valence-electron chi connectivity index (χ4n) is 1.03. The number of aryl methyl sites for hydroxylation is 1. The summed E-state index contributed by atoms with van der Waals surface area (Å²) in [5, 5.41) is 0. The van der Waals surface area contributed by atoms with Gasteiger partial charge in [0.15, 0.2) is 0 Å². The van der Waals surface area contributed by atoms with E-state index in [4.69, 9.17) is 4.55 Å². The molecule has 71 valence electrons. The average molecular weight is 199 g/mol. The van der Waals surface area contributed by atoms with Crippen LogP contribution in [0.5, 0.6) is 0 Å². The Labute approximate surface area is 78.2 Å². The van der Waals surface area contributed by atoms with Gasteiger partial charge in [0.2, 0.25) is 0 Å². The molecular weight excluding hydrogens is 188 g/mol. The van der Waals surface area contributed by atoms with Crippen molar-refractivity contribution in [3.05, 3.63) is 36.8 Å². The van der Waals surface area contributed by atoms with Crippen LogP contribution in [0.3, 0.4) is 0 Å². The molecule has 0 atom stereocenters. The molecular formula is C9H11O3S. The summed E-state index contributed by atoms with van der Waals surface area (Å²) < 4.78 is 30.0. The van der Waals surface area contributed by atoms with Crippen LogP contribution in [-0.4, -0.2) is 13.0 Å². The van der Waals surface area contributed by atoms with E-state index in [9.17, 15) is 8.42 Å². The van der Waals surface area contributed by atoms with Crippen LogP contribution in [-0.2, 0) is 16.5 Å². The van der Waals surface area contributed by atoms with Crippen molar-refractivity contribution in [2.45, 2.75) is 17.7 Å². The minimum Gasteiger partial charge on any atom is -0.282 e. The molecule has 0 bridgehead atoms. The molecule has 0 aliphatic heterocycles. The van der Waals surface area contributed by atoms with Crippen LogP contribution < -0.4 is 0 Å². The maximum atomic E-state index is 10.6. The Morgan fingerprint density at radius 2 is 1.77 bits per heavy atom. The maximum Gasteiger partial charge on any atom is 0.294 e. The molecule has 1 radical (unpaired) electrons. The van der Waals surface area contributed by atoms with Crippen LogP contribution in [0.1, 0.15) is 12.0 Å². The lowest BCUT2D eigenvalue weighted by molar-refractivity contribution is 0.483. The van der Waals surface area contributed by atoms with Gasteiger partial charge >= 0.3 is 0 Å². The maximum absolute atomic E-state index is 10.6. The normalized spacial score (nSPS) is 11.5. The quantitative estimate of drug-likeness (QED) is 0.754. The summed E-state index contributed by atoms with van der Waals surface area (Å²) in [4.78, 5) is -0.0692. The zero-order valence-corrected chi connectivity index (χ0v) is 7.92. The largest absolute Gasteiger partial charge is 0.294 e. The van der Waals surface area contributed by atoms with Crippen LogP contribution in [0.25, 0.3) is 0 Å². The molecule has 0 saturated heterocycles. The lowest BCUT2D eigenvalue weighted by Crippen LogP contribution is -1.97. The SMILES string of the molecule is [CH2]CCc1ccc(S(=O)(=O)O)cc1. The van der Waals surface area contributed by atoms with Gasteiger partial charge in [0.25, 0.3) is 10.1 Å². The second-order valence-corrected chi connectivity index (χ2v) is 4.14. The first kappa shape index (κ1) is 10.2. The molecule has 0 amide bonds. The van der Waals surface area contributed by atoms with E-state index in [0.717, 1.165) is 18.4 Å². The summed E-state index contributed by atoms with van der Waals surface area (Å²) >= 11 is 0. The van der Waals surface area contributed by atoms with Gasteiger partial charge in [-0.2, -0.15) is 8.42 Å². The van der Waals surface area contributed by atoms with E-state index in [1.165, 1.54) is 12.1 Å². The Hall–Kier alpha value is -0.870. The third-order valence-corrected chi connectivity index (χ3v) is 2.55. The molecule has 1 aromatic rings. The van der Waals surface area contributed by atoms with Gasteiger partial charge in [0.1, 0.15) is 0 Å². The number of rotatable bonds is 3. The third-order valence-electron chi connectivity index (χ3n) is 1.69. The van der Waals surface area contributed by atoms with Crippen molar-refractivity contribution in [3.8, 4) is 0 Å². The second-order valence-electron chi connectivity index (χ2n) is 2.72. The fourth-order valence-corrected chi connectivity index (χ4v) is 1.51. The molecule has 0 fully saturated rings. The van der Waals surface area contributed by atoms with Crippen molar-refractivity contribution < 1.29 is 13.0 Å². The molecule has 0 aromatic heterocycles. The number of benzene rings is 1. The van der Waals surface area contributed by atoms with Crippen molar-refractivity contribution in [1.29, 1.82) is 0 Å². The van der Waals surface area contributed by atoms with E-state index in [1.54, 1.807) is 12.1 Å². The zero-order chi connectivity index (χ0) is 9.90. The fraction of sp³-hybridized carbons (Fsp3) is 0.222.